The summed E-state index contributed by atoms with van der Waals surface area (Å²) in [6.45, 7) is 11.4. The first-order chi connectivity index (χ1) is 26.7. The standard InChI is InChI=1S/C52H52N3/c1-38-20-25-50(47(36-38)49-19-11-13-32-54(49)35-34-53-31-12-10-18-48(53)45-16-8-6-14-39(45)2)55-33-28-44(37-51(55)46-17-9-7-15-40(46)3)42-23-21-41(22-24-42)43-26-29-52(4,5)30-27-43/h6-25,28,31-37,43H,26-27,29-30H2,1-5H3/q+3/b35-34-. The molecule has 0 spiro atoms. The summed E-state index contributed by atoms with van der Waals surface area (Å²) in [5.41, 5.74) is 16.3. The Kier molecular flexibility index (Phi) is 10.1. The van der Waals surface area contributed by atoms with E-state index >= 15 is 0 Å². The maximum absolute atomic E-state index is 2.42. The quantitative estimate of drug-likeness (QED) is 0.139. The molecule has 3 aromatic heterocycles. The lowest BCUT2D eigenvalue weighted by atomic mass is 9.71. The smallest absolute Gasteiger partial charge is 0.161 e. The van der Waals surface area contributed by atoms with Gasteiger partial charge in [-0.1, -0.05) is 80.6 Å². The van der Waals surface area contributed by atoms with Crippen LogP contribution in [0.4, 0.5) is 0 Å². The number of pyridine rings is 3. The molecule has 4 aromatic carbocycles. The van der Waals surface area contributed by atoms with Crippen LogP contribution in [0.1, 0.15) is 67.7 Å². The average Bonchev–Trinajstić information content (AvgIpc) is 3.21. The lowest BCUT2D eigenvalue weighted by Gasteiger charge is -2.34. The molecule has 1 saturated carbocycles. The van der Waals surface area contributed by atoms with Crippen molar-refractivity contribution in [3.05, 3.63) is 180 Å². The van der Waals surface area contributed by atoms with Gasteiger partial charge in [0, 0.05) is 53.6 Å². The van der Waals surface area contributed by atoms with E-state index in [1.54, 1.807) is 0 Å². The van der Waals surface area contributed by atoms with Gasteiger partial charge in [0.1, 0.15) is 5.56 Å². The fourth-order valence-corrected chi connectivity index (χ4v) is 8.34. The van der Waals surface area contributed by atoms with Gasteiger partial charge in [-0.25, -0.2) is 0 Å². The van der Waals surface area contributed by atoms with E-state index in [0.717, 1.165) is 22.6 Å². The number of nitrogens with zero attached hydrogens (tertiary/aromatic N) is 3. The Balaban J connectivity index is 1.20. The van der Waals surface area contributed by atoms with Gasteiger partial charge in [-0.3, -0.25) is 0 Å². The second-order valence-corrected chi connectivity index (χ2v) is 16.2. The van der Waals surface area contributed by atoms with E-state index in [4.69, 9.17) is 0 Å². The van der Waals surface area contributed by atoms with E-state index in [9.17, 15) is 0 Å². The molecule has 0 aliphatic heterocycles. The third-order valence-corrected chi connectivity index (χ3v) is 11.7. The Morgan fingerprint density at radius 1 is 0.509 bits per heavy atom. The molecular formula is C52H52N3+3. The molecule has 1 fully saturated rings. The van der Waals surface area contributed by atoms with Gasteiger partial charge < -0.3 is 0 Å². The normalized spacial score (nSPS) is 14.3. The van der Waals surface area contributed by atoms with Crippen molar-refractivity contribution in [1.82, 2.24) is 0 Å². The topological polar surface area (TPSA) is 11.6 Å². The second-order valence-electron chi connectivity index (χ2n) is 16.2. The van der Waals surface area contributed by atoms with Crippen LogP contribution in [0.15, 0.2) is 158 Å². The van der Waals surface area contributed by atoms with Gasteiger partial charge in [-0.05, 0) is 121 Å². The SMILES string of the molecule is Cc1ccc(-[n+]2ccc(-c3ccc(C4CCC(C)(C)CC4)cc3)cc2-c2ccccc2C)c(-c2cccc[n+]2/C=C\[n+]2ccccc2-c2ccccc2C)c1. The van der Waals surface area contributed by atoms with Gasteiger partial charge in [-0.2, -0.15) is 13.7 Å². The van der Waals surface area contributed by atoms with Crippen molar-refractivity contribution in [2.24, 2.45) is 5.41 Å². The minimum atomic E-state index is 0.476. The van der Waals surface area contributed by atoms with Crippen LogP contribution in [-0.2, 0) is 0 Å². The predicted molar refractivity (Wildman–Crippen MR) is 227 cm³/mol. The molecule has 0 radical (unpaired) electrons. The van der Waals surface area contributed by atoms with E-state index in [2.05, 4.69) is 219 Å². The highest BCUT2D eigenvalue weighted by Gasteiger charge is 2.29. The summed E-state index contributed by atoms with van der Waals surface area (Å²) < 4.78 is 6.81. The second kappa shape index (κ2) is 15.4. The monoisotopic (exact) mass is 718 g/mol. The fourth-order valence-electron chi connectivity index (χ4n) is 8.34. The van der Waals surface area contributed by atoms with Crippen molar-refractivity contribution in [2.45, 2.75) is 66.2 Å². The van der Waals surface area contributed by atoms with Crippen LogP contribution in [-0.4, -0.2) is 0 Å². The van der Waals surface area contributed by atoms with Crippen LogP contribution in [0, 0.1) is 26.2 Å². The van der Waals surface area contributed by atoms with Gasteiger partial charge in [0.2, 0.25) is 35.2 Å². The Morgan fingerprint density at radius 3 is 1.69 bits per heavy atom. The third-order valence-electron chi connectivity index (χ3n) is 11.7. The molecule has 1 aliphatic carbocycles. The van der Waals surface area contributed by atoms with Gasteiger partial charge in [0.25, 0.3) is 0 Å². The number of hydrogen-bond acceptors (Lipinski definition) is 0. The molecule has 8 rings (SSSR count). The summed E-state index contributed by atoms with van der Waals surface area (Å²) >= 11 is 0. The number of aromatic nitrogens is 3. The van der Waals surface area contributed by atoms with E-state index in [1.807, 2.05) is 0 Å². The predicted octanol–water partition coefficient (Wildman–Crippen LogP) is 11.9. The first-order valence-electron chi connectivity index (χ1n) is 19.8. The highest BCUT2D eigenvalue weighted by molar-refractivity contribution is 5.73. The van der Waals surface area contributed by atoms with Crippen LogP contribution in [0.3, 0.4) is 0 Å². The van der Waals surface area contributed by atoms with Crippen molar-refractivity contribution >= 4 is 12.4 Å². The number of hydrogen-bond donors (Lipinski definition) is 0. The Hall–Kier alpha value is -5.93. The zero-order valence-electron chi connectivity index (χ0n) is 32.9. The molecule has 3 heteroatoms. The molecule has 7 aromatic rings. The first-order valence-corrected chi connectivity index (χ1v) is 19.8. The van der Waals surface area contributed by atoms with Crippen molar-refractivity contribution in [1.29, 1.82) is 0 Å². The molecule has 0 amide bonds. The van der Waals surface area contributed by atoms with Crippen LogP contribution in [0.25, 0.3) is 63.0 Å². The van der Waals surface area contributed by atoms with E-state index < -0.39 is 0 Å². The maximum Gasteiger partial charge on any atom is 0.239 e. The minimum absolute atomic E-state index is 0.476. The summed E-state index contributed by atoms with van der Waals surface area (Å²) in [6, 6.07) is 51.0. The molecule has 0 saturated heterocycles. The van der Waals surface area contributed by atoms with Gasteiger partial charge >= 0.3 is 0 Å². The van der Waals surface area contributed by atoms with Gasteiger partial charge in [-0.15, -0.1) is 0 Å². The minimum Gasteiger partial charge on any atom is -0.161 e. The van der Waals surface area contributed by atoms with Crippen molar-refractivity contribution in [2.75, 3.05) is 0 Å². The molecule has 1 aliphatic rings. The molecule has 55 heavy (non-hydrogen) atoms. The van der Waals surface area contributed by atoms with E-state index in [1.165, 1.54) is 75.9 Å². The largest absolute Gasteiger partial charge is 0.239 e. The summed E-state index contributed by atoms with van der Waals surface area (Å²) in [4.78, 5) is 0. The molecule has 272 valence electrons. The van der Waals surface area contributed by atoms with Gasteiger partial charge in [0.05, 0.1) is 0 Å². The van der Waals surface area contributed by atoms with Crippen LogP contribution >= 0.6 is 0 Å². The Bertz CT molecular complexity index is 2500. The molecule has 0 bridgehead atoms. The van der Waals surface area contributed by atoms with Crippen molar-refractivity contribution < 1.29 is 13.7 Å². The highest BCUT2D eigenvalue weighted by Crippen LogP contribution is 2.42. The summed E-state index contributed by atoms with van der Waals surface area (Å²) in [5, 5.41) is 0. The van der Waals surface area contributed by atoms with Crippen LogP contribution in [0.5, 0.6) is 0 Å². The Morgan fingerprint density at radius 2 is 1.07 bits per heavy atom. The van der Waals surface area contributed by atoms with Crippen molar-refractivity contribution in [3.8, 4) is 50.6 Å². The van der Waals surface area contributed by atoms with Crippen LogP contribution in [0.2, 0.25) is 0 Å². The van der Waals surface area contributed by atoms with E-state index in [-0.39, 0.29) is 0 Å². The number of aryl methyl sites for hydroxylation is 3. The van der Waals surface area contributed by atoms with Crippen LogP contribution < -0.4 is 13.7 Å². The fraction of sp³-hybridized carbons (Fsp3) is 0.212. The average molecular weight is 719 g/mol. The molecule has 0 atom stereocenters. The number of benzene rings is 4. The number of rotatable bonds is 8. The summed E-state index contributed by atoms with van der Waals surface area (Å²) in [7, 11) is 0. The zero-order valence-corrected chi connectivity index (χ0v) is 32.9. The first kappa shape index (κ1) is 36.1. The van der Waals surface area contributed by atoms with Gasteiger partial charge in [0.15, 0.2) is 18.6 Å². The summed E-state index contributed by atoms with van der Waals surface area (Å²) in [6.07, 6.45) is 16.0. The lowest BCUT2D eigenvalue weighted by molar-refractivity contribution is -0.588. The molecule has 0 N–H and O–H groups in total. The summed E-state index contributed by atoms with van der Waals surface area (Å²) in [5.74, 6) is 0.666. The molecule has 3 nitrogen and oxygen atoms in total. The zero-order chi connectivity index (χ0) is 37.9. The van der Waals surface area contributed by atoms with Crippen molar-refractivity contribution in [3.63, 3.8) is 0 Å². The Labute approximate surface area is 327 Å². The molecular weight excluding hydrogens is 667 g/mol. The lowest BCUT2D eigenvalue weighted by Crippen LogP contribution is -2.37. The third kappa shape index (κ3) is 7.71. The maximum atomic E-state index is 2.42. The van der Waals surface area contributed by atoms with E-state index in [0.29, 0.717) is 11.3 Å². The highest BCUT2D eigenvalue weighted by atomic mass is 15.0. The molecule has 0 unspecified atom stereocenters. The molecule has 3 heterocycles.